The highest BCUT2D eigenvalue weighted by Crippen LogP contribution is 2.43. The molecule has 0 amide bonds. The molecule has 0 saturated heterocycles. The van der Waals surface area contributed by atoms with Crippen LogP contribution in [0.5, 0.6) is 0 Å². The highest BCUT2D eigenvalue weighted by Gasteiger charge is 2.35. The minimum absolute atomic E-state index is 0.216. The number of benzene rings is 2. The van der Waals surface area contributed by atoms with Crippen LogP contribution >= 0.6 is 11.8 Å². The lowest BCUT2D eigenvalue weighted by molar-refractivity contribution is 0.381. The molecule has 0 spiro atoms. The second kappa shape index (κ2) is 7.25. The van der Waals surface area contributed by atoms with Gasteiger partial charge in [-0.25, -0.2) is 0 Å². The molecule has 0 fully saturated rings. The van der Waals surface area contributed by atoms with Gasteiger partial charge in [0.15, 0.2) is 0 Å². The van der Waals surface area contributed by atoms with E-state index in [0.29, 0.717) is 5.92 Å². The van der Waals surface area contributed by atoms with Gasteiger partial charge in [0.1, 0.15) is 0 Å². The molecule has 3 heteroatoms. The standard InChI is InChI=1S/C22H28N2S/c1-6-24-20-12-11-17(13-18(20)16(2)14-22(24,3)4)15-23-19-9-7-8-10-21(19)25-5/h7-13,15-16H,6,14H2,1-5H3. The summed E-state index contributed by atoms with van der Waals surface area (Å²) in [6, 6.07) is 15.1. The number of fused-ring (bicyclic) bond motifs is 1. The molecular weight excluding hydrogens is 324 g/mol. The quantitative estimate of drug-likeness (QED) is 0.476. The zero-order valence-electron chi connectivity index (χ0n) is 15.9. The fourth-order valence-corrected chi connectivity index (χ4v) is 4.61. The van der Waals surface area contributed by atoms with Crippen LogP contribution in [-0.4, -0.2) is 24.6 Å². The predicted molar refractivity (Wildman–Crippen MR) is 112 cm³/mol. The van der Waals surface area contributed by atoms with Crippen LogP contribution in [0.25, 0.3) is 0 Å². The Hall–Kier alpha value is -1.74. The molecular formula is C22H28N2S. The number of anilines is 1. The van der Waals surface area contributed by atoms with Gasteiger partial charge in [0.05, 0.1) is 5.69 Å². The zero-order valence-corrected chi connectivity index (χ0v) is 16.7. The first kappa shape index (κ1) is 18.1. The van der Waals surface area contributed by atoms with E-state index in [2.05, 4.69) is 75.2 Å². The second-order valence-corrected chi connectivity index (χ2v) is 8.26. The average Bonchev–Trinajstić information content (AvgIpc) is 2.60. The van der Waals surface area contributed by atoms with Crippen LogP contribution in [-0.2, 0) is 0 Å². The zero-order chi connectivity index (χ0) is 18.0. The van der Waals surface area contributed by atoms with Gasteiger partial charge in [-0.15, -0.1) is 11.8 Å². The number of hydrogen-bond donors (Lipinski definition) is 0. The van der Waals surface area contributed by atoms with Gasteiger partial charge in [-0.3, -0.25) is 4.99 Å². The molecule has 0 aliphatic carbocycles. The van der Waals surface area contributed by atoms with Gasteiger partial charge in [-0.1, -0.05) is 25.1 Å². The number of thioether (sulfide) groups is 1. The number of rotatable bonds is 4. The van der Waals surface area contributed by atoms with Crippen molar-refractivity contribution in [2.75, 3.05) is 17.7 Å². The van der Waals surface area contributed by atoms with Crippen molar-refractivity contribution in [1.29, 1.82) is 0 Å². The lowest BCUT2D eigenvalue weighted by Crippen LogP contribution is -2.48. The number of hydrogen-bond acceptors (Lipinski definition) is 3. The van der Waals surface area contributed by atoms with Crippen LogP contribution in [0.2, 0.25) is 0 Å². The van der Waals surface area contributed by atoms with E-state index in [0.717, 1.165) is 12.2 Å². The van der Waals surface area contributed by atoms with Crippen molar-refractivity contribution in [3.05, 3.63) is 53.6 Å². The molecule has 0 radical (unpaired) electrons. The van der Waals surface area contributed by atoms with Crippen LogP contribution in [0.3, 0.4) is 0 Å². The summed E-state index contributed by atoms with van der Waals surface area (Å²) in [5, 5.41) is 0. The Bertz CT molecular complexity index is 779. The van der Waals surface area contributed by atoms with Crippen molar-refractivity contribution < 1.29 is 0 Å². The fraction of sp³-hybridized carbons (Fsp3) is 0.409. The van der Waals surface area contributed by atoms with Crippen molar-refractivity contribution in [2.45, 2.75) is 50.5 Å². The lowest BCUT2D eigenvalue weighted by Gasteiger charge is -2.47. The summed E-state index contributed by atoms with van der Waals surface area (Å²) >= 11 is 1.74. The van der Waals surface area contributed by atoms with Crippen LogP contribution in [0.15, 0.2) is 52.4 Å². The maximum Gasteiger partial charge on any atom is 0.0765 e. The van der Waals surface area contributed by atoms with Crippen LogP contribution < -0.4 is 4.90 Å². The van der Waals surface area contributed by atoms with Crippen molar-refractivity contribution in [2.24, 2.45) is 4.99 Å². The van der Waals surface area contributed by atoms with E-state index < -0.39 is 0 Å². The van der Waals surface area contributed by atoms with Crippen molar-refractivity contribution in [3.8, 4) is 0 Å². The molecule has 0 N–H and O–H groups in total. The van der Waals surface area contributed by atoms with E-state index in [1.807, 2.05) is 12.3 Å². The van der Waals surface area contributed by atoms with E-state index in [1.165, 1.54) is 28.1 Å². The van der Waals surface area contributed by atoms with E-state index >= 15 is 0 Å². The molecule has 3 rings (SSSR count). The van der Waals surface area contributed by atoms with Crippen LogP contribution in [0, 0.1) is 0 Å². The van der Waals surface area contributed by atoms with Crippen molar-refractivity contribution in [1.82, 2.24) is 0 Å². The molecule has 2 aromatic carbocycles. The van der Waals surface area contributed by atoms with Gasteiger partial charge in [-0.05, 0) is 74.8 Å². The minimum Gasteiger partial charge on any atom is -0.366 e. The topological polar surface area (TPSA) is 15.6 Å². The SMILES string of the molecule is CCN1c2ccc(C=Nc3ccccc3SC)cc2C(C)CC1(C)C. The normalized spacial score (nSPS) is 19.2. The molecule has 0 aromatic heterocycles. The molecule has 2 aromatic rings. The highest BCUT2D eigenvalue weighted by atomic mass is 32.2. The Morgan fingerprint density at radius 1 is 1.24 bits per heavy atom. The average molecular weight is 353 g/mol. The first-order chi connectivity index (χ1) is 12.0. The Morgan fingerprint density at radius 3 is 2.72 bits per heavy atom. The van der Waals surface area contributed by atoms with E-state index in [9.17, 15) is 0 Å². The third kappa shape index (κ3) is 3.62. The van der Waals surface area contributed by atoms with E-state index in [1.54, 1.807) is 11.8 Å². The maximum atomic E-state index is 4.73. The smallest absolute Gasteiger partial charge is 0.0765 e. The summed E-state index contributed by atoms with van der Waals surface area (Å²) in [5.74, 6) is 0.569. The lowest BCUT2D eigenvalue weighted by atomic mass is 9.79. The fourth-order valence-electron chi connectivity index (χ4n) is 4.07. The number of aliphatic imine (C=N–C) groups is 1. The Kier molecular flexibility index (Phi) is 5.24. The third-order valence-electron chi connectivity index (χ3n) is 5.16. The molecule has 1 unspecified atom stereocenters. The molecule has 2 nitrogen and oxygen atoms in total. The molecule has 132 valence electrons. The first-order valence-electron chi connectivity index (χ1n) is 9.05. The molecule has 0 bridgehead atoms. The summed E-state index contributed by atoms with van der Waals surface area (Å²) < 4.78 is 0. The van der Waals surface area contributed by atoms with Gasteiger partial charge in [0, 0.05) is 28.9 Å². The minimum atomic E-state index is 0.216. The molecule has 25 heavy (non-hydrogen) atoms. The molecule has 1 aliphatic rings. The summed E-state index contributed by atoms with van der Waals surface area (Å²) in [7, 11) is 0. The van der Waals surface area contributed by atoms with Gasteiger partial charge in [-0.2, -0.15) is 0 Å². The monoisotopic (exact) mass is 352 g/mol. The first-order valence-corrected chi connectivity index (χ1v) is 10.3. The Morgan fingerprint density at radius 2 is 2.00 bits per heavy atom. The predicted octanol–water partition coefficient (Wildman–Crippen LogP) is 6.27. The van der Waals surface area contributed by atoms with Gasteiger partial charge in [0.2, 0.25) is 0 Å². The van der Waals surface area contributed by atoms with Gasteiger partial charge in [0.25, 0.3) is 0 Å². The second-order valence-electron chi connectivity index (χ2n) is 7.41. The van der Waals surface area contributed by atoms with Crippen molar-refractivity contribution >= 4 is 29.4 Å². The summed E-state index contributed by atoms with van der Waals surface area (Å²) in [5.41, 5.74) is 5.26. The maximum absolute atomic E-state index is 4.73. The van der Waals surface area contributed by atoms with Gasteiger partial charge >= 0.3 is 0 Å². The van der Waals surface area contributed by atoms with Crippen LogP contribution in [0.4, 0.5) is 11.4 Å². The highest BCUT2D eigenvalue weighted by molar-refractivity contribution is 7.98. The van der Waals surface area contributed by atoms with Gasteiger partial charge < -0.3 is 4.90 Å². The summed E-state index contributed by atoms with van der Waals surface area (Å²) in [6.45, 7) is 10.3. The number of para-hydroxylation sites is 1. The summed E-state index contributed by atoms with van der Waals surface area (Å²) in [4.78, 5) is 8.48. The molecule has 1 aliphatic heterocycles. The largest absolute Gasteiger partial charge is 0.366 e. The molecule has 1 atom stereocenters. The Labute approximate surface area is 156 Å². The van der Waals surface area contributed by atoms with Crippen LogP contribution in [0.1, 0.15) is 51.2 Å². The van der Waals surface area contributed by atoms with E-state index in [-0.39, 0.29) is 5.54 Å². The third-order valence-corrected chi connectivity index (χ3v) is 5.95. The molecule has 1 heterocycles. The summed E-state index contributed by atoms with van der Waals surface area (Å²) in [6.07, 6.45) is 5.28. The van der Waals surface area contributed by atoms with Crippen molar-refractivity contribution in [3.63, 3.8) is 0 Å². The van der Waals surface area contributed by atoms with E-state index in [4.69, 9.17) is 4.99 Å². The Balaban J connectivity index is 1.94. The number of nitrogens with zero attached hydrogens (tertiary/aromatic N) is 2. The molecule has 0 saturated carbocycles.